The van der Waals surface area contributed by atoms with Crippen LogP contribution in [0.4, 0.5) is 0 Å². The van der Waals surface area contributed by atoms with E-state index in [1.807, 2.05) is 0 Å². The van der Waals surface area contributed by atoms with Crippen molar-refractivity contribution in [2.45, 2.75) is 48.5 Å². The summed E-state index contributed by atoms with van der Waals surface area (Å²) >= 11 is 0. The zero-order valence-corrected chi connectivity index (χ0v) is 11.4. The maximum atomic E-state index is 2.42. The summed E-state index contributed by atoms with van der Waals surface area (Å²) in [7, 11) is 0. The number of hydrogen-bond acceptors (Lipinski definition) is 0. The van der Waals surface area contributed by atoms with Gasteiger partial charge in [0.25, 0.3) is 0 Å². The Kier molecular flexibility index (Phi) is 2.37. The van der Waals surface area contributed by atoms with Crippen molar-refractivity contribution in [3.63, 3.8) is 0 Å². The Morgan fingerprint density at radius 1 is 0.500 bits per heavy atom. The smallest absolute Gasteiger partial charge is 0.0519 e. The third kappa shape index (κ3) is 1.17. The minimum absolute atomic E-state index is 1.38. The van der Waals surface area contributed by atoms with Gasteiger partial charge in [0.05, 0.1) is 5.52 Å². The first-order valence-corrected chi connectivity index (χ1v) is 5.92. The lowest BCUT2D eigenvalue weighted by atomic mass is 10.0. The predicted octanol–water partition coefficient (Wildman–Crippen LogP) is 4.10. The molecule has 0 aliphatic rings. The fourth-order valence-electron chi connectivity index (χ4n) is 2.72. The molecule has 0 radical (unpaired) electrons. The van der Waals surface area contributed by atoms with E-state index in [0.717, 1.165) is 0 Å². The summed E-state index contributed by atoms with van der Waals surface area (Å²) in [6, 6.07) is 0. The first-order valence-electron chi connectivity index (χ1n) is 5.92. The topological polar surface area (TPSA) is 4.41 Å². The molecule has 1 heteroatoms. The van der Waals surface area contributed by atoms with E-state index in [-0.39, 0.29) is 0 Å². The van der Waals surface area contributed by atoms with Crippen LogP contribution in [0.5, 0.6) is 0 Å². The van der Waals surface area contributed by atoms with Crippen molar-refractivity contribution in [3.8, 4) is 0 Å². The van der Waals surface area contributed by atoms with Crippen molar-refractivity contribution in [2.24, 2.45) is 0 Å². The Morgan fingerprint density at radius 3 is 1.38 bits per heavy atom. The molecule has 0 fully saturated rings. The standard InChI is InChI=1S/C15H21N/c1-8-9(2)13(6)16-14(7)10(3)12(5)15(16)11(8)4/h1-7H3. The molecule has 86 valence electrons. The highest BCUT2D eigenvalue weighted by Gasteiger charge is 2.15. The lowest BCUT2D eigenvalue weighted by Crippen LogP contribution is -2.02. The number of pyridine rings is 1. The van der Waals surface area contributed by atoms with Gasteiger partial charge in [0.1, 0.15) is 0 Å². The second-order valence-corrected chi connectivity index (χ2v) is 4.98. The lowest BCUT2D eigenvalue weighted by molar-refractivity contribution is 0.989. The van der Waals surface area contributed by atoms with Crippen LogP contribution < -0.4 is 0 Å². The highest BCUT2D eigenvalue weighted by Crippen LogP contribution is 2.30. The van der Waals surface area contributed by atoms with Gasteiger partial charge >= 0.3 is 0 Å². The van der Waals surface area contributed by atoms with Crippen LogP contribution in [-0.2, 0) is 0 Å². The van der Waals surface area contributed by atoms with Gasteiger partial charge in [0.15, 0.2) is 0 Å². The molecular weight excluding hydrogens is 194 g/mol. The average molecular weight is 215 g/mol. The van der Waals surface area contributed by atoms with E-state index in [9.17, 15) is 0 Å². The maximum Gasteiger partial charge on any atom is 0.0519 e. The van der Waals surface area contributed by atoms with Gasteiger partial charge < -0.3 is 4.40 Å². The molecule has 2 rings (SSSR count). The largest absolute Gasteiger partial charge is 0.317 e. The van der Waals surface area contributed by atoms with Crippen LogP contribution in [0.3, 0.4) is 0 Å². The van der Waals surface area contributed by atoms with Crippen molar-refractivity contribution in [1.82, 2.24) is 4.40 Å². The average Bonchev–Trinajstić information content (AvgIpc) is 2.48. The molecule has 16 heavy (non-hydrogen) atoms. The van der Waals surface area contributed by atoms with Gasteiger partial charge in [-0.1, -0.05) is 0 Å². The molecular formula is C15H21N. The third-order valence-electron chi connectivity index (χ3n) is 4.38. The minimum Gasteiger partial charge on any atom is -0.317 e. The normalized spacial score (nSPS) is 11.4. The Hall–Kier alpha value is -1.24. The molecule has 0 spiro atoms. The van der Waals surface area contributed by atoms with Gasteiger partial charge in [0.2, 0.25) is 0 Å². The zero-order valence-electron chi connectivity index (χ0n) is 11.4. The fourth-order valence-corrected chi connectivity index (χ4v) is 2.72. The molecule has 2 aromatic rings. The quantitative estimate of drug-likeness (QED) is 0.623. The van der Waals surface area contributed by atoms with Crippen LogP contribution in [0.15, 0.2) is 0 Å². The molecule has 2 heterocycles. The van der Waals surface area contributed by atoms with Crippen LogP contribution >= 0.6 is 0 Å². The van der Waals surface area contributed by atoms with Gasteiger partial charge in [-0.2, -0.15) is 0 Å². The molecule has 0 amide bonds. The van der Waals surface area contributed by atoms with E-state index in [1.54, 1.807) is 0 Å². The van der Waals surface area contributed by atoms with Crippen molar-refractivity contribution in [2.75, 3.05) is 0 Å². The number of hydrogen-bond donors (Lipinski definition) is 0. The van der Waals surface area contributed by atoms with Crippen molar-refractivity contribution < 1.29 is 0 Å². The minimum atomic E-state index is 1.38. The van der Waals surface area contributed by atoms with Gasteiger partial charge in [0, 0.05) is 11.4 Å². The summed E-state index contributed by atoms with van der Waals surface area (Å²) in [5, 5.41) is 0. The number of nitrogens with zero attached hydrogens (tertiary/aromatic N) is 1. The van der Waals surface area contributed by atoms with Gasteiger partial charge in [-0.15, -0.1) is 0 Å². The molecule has 0 atom stereocenters. The first kappa shape index (κ1) is 11.3. The third-order valence-corrected chi connectivity index (χ3v) is 4.38. The number of rotatable bonds is 0. The van der Waals surface area contributed by atoms with Crippen molar-refractivity contribution in [1.29, 1.82) is 0 Å². The number of fused-ring (bicyclic) bond motifs is 1. The van der Waals surface area contributed by atoms with E-state index in [2.05, 4.69) is 52.9 Å². The van der Waals surface area contributed by atoms with E-state index < -0.39 is 0 Å². The zero-order chi connectivity index (χ0) is 12.2. The Bertz CT molecular complexity index is 535. The van der Waals surface area contributed by atoms with Crippen LogP contribution in [0, 0.1) is 48.5 Å². The van der Waals surface area contributed by atoms with Crippen molar-refractivity contribution >= 4 is 5.52 Å². The molecule has 2 aromatic heterocycles. The highest BCUT2D eigenvalue weighted by molar-refractivity contribution is 5.69. The molecule has 0 saturated carbocycles. The van der Waals surface area contributed by atoms with Gasteiger partial charge in [-0.25, -0.2) is 0 Å². The van der Waals surface area contributed by atoms with Crippen LogP contribution in [0.2, 0.25) is 0 Å². The highest BCUT2D eigenvalue weighted by atomic mass is 14.9. The number of aryl methyl sites for hydroxylation is 4. The Morgan fingerprint density at radius 2 is 0.875 bits per heavy atom. The lowest BCUT2D eigenvalue weighted by Gasteiger charge is -2.14. The molecule has 0 aromatic carbocycles. The molecule has 0 aliphatic carbocycles. The summed E-state index contributed by atoms with van der Waals surface area (Å²) < 4.78 is 2.42. The summed E-state index contributed by atoms with van der Waals surface area (Å²) in [6.07, 6.45) is 0. The fraction of sp³-hybridized carbons (Fsp3) is 0.467. The predicted molar refractivity (Wildman–Crippen MR) is 70.6 cm³/mol. The molecule has 0 saturated heterocycles. The summed E-state index contributed by atoms with van der Waals surface area (Å²) in [6.45, 7) is 15.6. The summed E-state index contributed by atoms with van der Waals surface area (Å²) in [4.78, 5) is 0. The van der Waals surface area contributed by atoms with E-state index in [0.29, 0.717) is 0 Å². The van der Waals surface area contributed by atoms with E-state index >= 15 is 0 Å². The van der Waals surface area contributed by atoms with Gasteiger partial charge in [-0.05, 0) is 76.3 Å². The molecule has 0 N–H and O–H groups in total. The monoisotopic (exact) mass is 215 g/mol. The molecule has 1 nitrogen and oxygen atoms in total. The van der Waals surface area contributed by atoms with Crippen LogP contribution in [0.1, 0.15) is 39.2 Å². The first-order chi connectivity index (χ1) is 7.37. The van der Waals surface area contributed by atoms with Crippen molar-refractivity contribution in [3.05, 3.63) is 39.2 Å². The van der Waals surface area contributed by atoms with E-state index in [1.165, 1.54) is 44.7 Å². The second kappa shape index (κ2) is 3.38. The molecule has 0 bridgehead atoms. The van der Waals surface area contributed by atoms with E-state index in [4.69, 9.17) is 0 Å². The van der Waals surface area contributed by atoms with Crippen LogP contribution in [-0.4, -0.2) is 4.40 Å². The number of aromatic nitrogens is 1. The summed E-state index contributed by atoms with van der Waals surface area (Å²) in [5.74, 6) is 0. The molecule has 0 aliphatic heterocycles. The Labute approximate surface area is 98.1 Å². The van der Waals surface area contributed by atoms with Crippen LogP contribution in [0.25, 0.3) is 5.52 Å². The summed E-state index contributed by atoms with van der Waals surface area (Å²) in [5.41, 5.74) is 11.3. The second-order valence-electron chi connectivity index (χ2n) is 4.98. The molecule has 0 unspecified atom stereocenters. The van der Waals surface area contributed by atoms with Gasteiger partial charge in [-0.3, -0.25) is 0 Å². The SMILES string of the molecule is Cc1c(C)c(C)n2c(C)c(C)c(C)c2c1C. The Balaban J connectivity index is 3.15. The maximum absolute atomic E-state index is 2.42.